The van der Waals surface area contributed by atoms with Gasteiger partial charge >= 0.3 is 0 Å². The van der Waals surface area contributed by atoms with Gasteiger partial charge < -0.3 is 20.1 Å². The summed E-state index contributed by atoms with van der Waals surface area (Å²) in [5, 5.41) is 12.9. The van der Waals surface area contributed by atoms with E-state index in [2.05, 4.69) is 10.3 Å². The fourth-order valence-electron chi connectivity index (χ4n) is 2.57. The molecule has 3 rings (SSSR count). The molecule has 6 nitrogen and oxygen atoms in total. The highest BCUT2D eigenvalue weighted by Gasteiger charge is 2.34. The number of aliphatic hydroxyl groups is 1. The van der Waals surface area contributed by atoms with Crippen LogP contribution in [0.15, 0.2) is 18.3 Å². The number of aliphatic hydroxyl groups excluding tert-OH is 1. The minimum Gasteiger partial charge on any atom is -0.389 e. The Morgan fingerprint density at radius 2 is 2.38 bits per heavy atom. The second-order valence-corrected chi connectivity index (χ2v) is 5.66. The number of pyridine rings is 1. The van der Waals surface area contributed by atoms with Gasteiger partial charge in [-0.1, -0.05) is 6.07 Å². The summed E-state index contributed by atoms with van der Waals surface area (Å²) in [5.41, 5.74) is 0.739. The molecule has 1 aromatic rings. The molecule has 2 unspecified atom stereocenters. The van der Waals surface area contributed by atoms with Crippen LogP contribution in [0.5, 0.6) is 0 Å². The molecule has 0 radical (unpaired) electrons. The van der Waals surface area contributed by atoms with E-state index in [0.29, 0.717) is 31.6 Å². The normalized spacial score (nSPS) is 23.7. The Morgan fingerprint density at radius 1 is 1.57 bits per heavy atom. The van der Waals surface area contributed by atoms with Crippen molar-refractivity contribution in [3.05, 3.63) is 23.9 Å². The Labute approximate surface area is 124 Å². The van der Waals surface area contributed by atoms with Crippen LogP contribution in [0.25, 0.3) is 0 Å². The molecule has 1 saturated heterocycles. The molecule has 21 heavy (non-hydrogen) atoms. The number of anilines is 1. The fourth-order valence-corrected chi connectivity index (χ4v) is 2.57. The van der Waals surface area contributed by atoms with Gasteiger partial charge in [-0.25, -0.2) is 4.98 Å². The molecule has 1 aromatic heterocycles. The fraction of sp³-hybridized carbons (Fsp3) is 0.600. The number of hydrogen-bond donors (Lipinski definition) is 2. The molecular weight excluding hydrogens is 270 g/mol. The van der Waals surface area contributed by atoms with Gasteiger partial charge in [0.25, 0.3) is 0 Å². The summed E-state index contributed by atoms with van der Waals surface area (Å²) < 4.78 is 5.46. The maximum atomic E-state index is 12.4. The number of hydrogen-bond acceptors (Lipinski definition) is 5. The second-order valence-electron chi connectivity index (χ2n) is 5.66. The van der Waals surface area contributed by atoms with Crippen molar-refractivity contribution in [3.63, 3.8) is 0 Å². The van der Waals surface area contributed by atoms with Gasteiger partial charge in [0.05, 0.1) is 19.3 Å². The third-order valence-electron chi connectivity index (χ3n) is 3.89. The number of rotatable bonds is 4. The zero-order chi connectivity index (χ0) is 14.8. The van der Waals surface area contributed by atoms with Crippen LogP contribution in [-0.2, 0) is 9.53 Å². The smallest absolute Gasteiger partial charge is 0.245 e. The quantitative estimate of drug-likeness (QED) is 0.850. The van der Waals surface area contributed by atoms with Crippen molar-refractivity contribution in [2.45, 2.75) is 38.0 Å². The Hall–Kier alpha value is -1.66. The molecule has 1 aliphatic heterocycles. The number of carbonyl (C=O) groups is 1. The third-order valence-corrected chi connectivity index (χ3v) is 3.89. The number of nitrogens with one attached hydrogen (secondary N) is 1. The number of morpholine rings is 1. The topological polar surface area (TPSA) is 74.7 Å². The molecular formula is C15H21N3O3. The predicted molar refractivity (Wildman–Crippen MR) is 78.0 cm³/mol. The van der Waals surface area contributed by atoms with Crippen LogP contribution in [0.2, 0.25) is 0 Å². The van der Waals surface area contributed by atoms with Crippen molar-refractivity contribution < 1.29 is 14.6 Å². The van der Waals surface area contributed by atoms with Crippen molar-refractivity contribution >= 4 is 11.7 Å². The largest absolute Gasteiger partial charge is 0.389 e. The van der Waals surface area contributed by atoms with E-state index < -0.39 is 6.10 Å². The Morgan fingerprint density at radius 3 is 3.10 bits per heavy atom. The summed E-state index contributed by atoms with van der Waals surface area (Å²) in [6, 6.07) is 3.58. The Bertz CT molecular complexity index is 517. The van der Waals surface area contributed by atoms with Gasteiger partial charge in [0.2, 0.25) is 5.91 Å². The van der Waals surface area contributed by atoms with Crippen molar-refractivity contribution in [2.75, 3.05) is 24.7 Å². The van der Waals surface area contributed by atoms with Crippen molar-refractivity contribution in [3.8, 4) is 0 Å². The molecule has 0 spiro atoms. The Balaban J connectivity index is 1.84. The number of carbonyl (C=O) groups excluding carboxylic acids is 1. The molecule has 1 aliphatic carbocycles. The van der Waals surface area contributed by atoms with Gasteiger partial charge in [0, 0.05) is 24.3 Å². The van der Waals surface area contributed by atoms with Gasteiger partial charge in [-0.2, -0.15) is 0 Å². The average molecular weight is 291 g/mol. The lowest BCUT2D eigenvalue weighted by Crippen LogP contribution is -2.55. The summed E-state index contributed by atoms with van der Waals surface area (Å²) in [4.78, 5) is 18.7. The Kier molecular flexibility index (Phi) is 4.07. The molecule has 1 amide bonds. The monoisotopic (exact) mass is 291 g/mol. The number of ether oxygens (including phenoxy) is 1. The van der Waals surface area contributed by atoms with Gasteiger partial charge in [0.1, 0.15) is 11.9 Å². The first-order valence-corrected chi connectivity index (χ1v) is 7.44. The molecule has 2 fully saturated rings. The third kappa shape index (κ3) is 3.16. The zero-order valence-corrected chi connectivity index (χ0v) is 12.2. The highest BCUT2D eigenvalue weighted by Crippen LogP contribution is 2.27. The maximum absolute atomic E-state index is 12.4. The predicted octanol–water partition coefficient (Wildman–Crippen LogP) is 0.619. The first-order valence-electron chi connectivity index (χ1n) is 7.44. The first kappa shape index (κ1) is 14.3. The number of aromatic nitrogens is 1. The molecule has 114 valence electrons. The van der Waals surface area contributed by atoms with Crippen molar-refractivity contribution in [2.24, 2.45) is 0 Å². The molecule has 0 aromatic carbocycles. The minimum absolute atomic E-state index is 0.0144. The van der Waals surface area contributed by atoms with E-state index in [1.165, 1.54) is 0 Å². The number of amides is 1. The van der Waals surface area contributed by atoms with Crippen LogP contribution < -0.4 is 10.2 Å². The molecule has 0 bridgehead atoms. The summed E-state index contributed by atoms with van der Waals surface area (Å²) in [6.07, 6.45) is 3.18. The van der Waals surface area contributed by atoms with Crippen LogP contribution in [-0.4, -0.2) is 47.8 Å². The van der Waals surface area contributed by atoms with E-state index in [1.807, 2.05) is 11.0 Å². The van der Waals surface area contributed by atoms with Crippen molar-refractivity contribution in [1.29, 1.82) is 0 Å². The van der Waals surface area contributed by atoms with Gasteiger partial charge in [-0.05, 0) is 25.8 Å². The van der Waals surface area contributed by atoms with E-state index in [-0.39, 0.29) is 11.9 Å². The summed E-state index contributed by atoms with van der Waals surface area (Å²) >= 11 is 0. The summed E-state index contributed by atoms with van der Waals surface area (Å²) in [7, 11) is 0. The van der Waals surface area contributed by atoms with Crippen molar-refractivity contribution in [1.82, 2.24) is 10.3 Å². The van der Waals surface area contributed by atoms with Crippen LogP contribution in [0.3, 0.4) is 0 Å². The lowest BCUT2D eigenvalue weighted by Gasteiger charge is -2.36. The van der Waals surface area contributed by atoms with E-state index in [0.717, 1.165) is 18.4 Å². The van der Waals surface area contributed by atoms with Gasteiger partial charge in [0.15, 0.2) is 0 Å². The molecule has 2 atom stereocenters. The zero-order valence-electron chi connectivity index (χ0n) is 12.2. The first-order chi connectivity index (χ1) is 10.2. The molecule has 2 heterocycles. The average Bonchev–Trinajstić information content (AvgIpc) is 3.31. The van der Waals surface area contributed by atoms with E-state index in [9.17, 15) is 9.90 Å². The highest BCUT2D eigenvalue weighted by atomic mass is 16.5. The van der Waals surface area contributed by atoms with Crippen LogP contribution in [0.1, 0.15) is 31.4 Å². The van der Waals surface area contributed by atoms with Crippen LogP contribution in [0, 0.1) is 0 Å². The standard InChI is InChI=1S/C15H21N3O3/c1-10(19)12-3-2-6-16-14(12)18-7-8-21-9-13(18)15(20)17-11-4-5-11/h2-3,6,10-11,13,19H,4-5,7-9H2,1H3,(H,17,20). The molecule has 2 N–H and O–H groups in total. The SMILES string of the molecule is CC(O)c1cccnc1N1CCOCC1C(=O)NC1CC1. The summed E-state index contributed by atoms with van der Waals surface area (Å²) in [6.45, 7) is 3.22. The minimum atomic E-state index is -0.622. The molecule has 1 saturated carbocycles. The van der Waals surface area contributed by atoms with Gasteiger partial charge in [-0.3, -0.25) is 4.79 Å². The maximum Gasteiger partial charge on any atom is 0.245 e. The lowest BCUT2D eigenvalue weighted by molar-refractivity contribution is -0.124. The lowest BCUT2D eigenvalue weighted by atomic mass is 10.1. The summed E-state index contributed by atoms with van der Waals surface area (Å²) in [5.74, 6) is 0.658. The molecule has 6 heteroatoms. The second kappa shape index (κ2) is 5.99. The molecule has 2 aliphatic rings. The van der Waals surface area contributed by atoms with E-state index in [4.69, 9.17) is 4.74 Å². The highest BCUT2D eigenvalue weighted by molar-refractivity contribution is 5.86. The van der Waals surface area contributed by atoms with Gasteiger partial charge in [-0.15, -0.1) is 0 Å². The number of nitrogens with zero attached hydrogens (tertiary/aromatic N) is 2. The van der Waals surface area contributed by atoms with Crippen LogP contribution >= 0.6 is 0 Å². The van der Waals surface area contributed by atoms with Crippen LogP contribution in [0.4, 0.5) is 5.82 Å². The van der Waals surface area contributed by atoms with E-state index in [1.54, 1.807) is 19.2 Å². The van der Waals surface area contributed by atoms with E-state index >= 15 is 0 Å².